The highest BCUT2D eigenvalue weighted by Crippen LogP contribution is 2.32. The van der Waals surface area contributed by atoms with Crippen molar-refractivity contribution in [2.24, 2.45) is 0 Å². The molecular weight excluding hydrogens is 260 g/mol. The van der Waals surface area contributed by atoms with Crippen molar-refractivity contribution < 1.29 is 9.59 Å². The minimum atomic E-state index is -1.24. The first-order valence-electron chi connectivity index (χ1n) is 5.94. The normalized spacial score (nSPS) is 17.6. The summed E-state index contributed by atoms with van der Waals surface area (Å²) < 4.78 is 0. The van der Waals surface area contributed by atoms with Crippen molar-refractivity contribution in [2.75, 3.05) is 0 Å². The van der Waals surface area contributed by atoms with E-state index in [0.717, 1.165) is 0 Å². The van der Waals surface area contributed by atoms with Crippen LogP contribution in [0.5, 0.6) is 0 Å². The number of hydrogen-bond acceptors (Lipinski definition) is 3. The van der Waals surface area contributed by atoms with E-state index < -0.39 is 5.41 Å². The number of amides is 2. The van der Waals surface area contributed by atoms with E-state index >= 15 is 0 Å². The van der Waals surface area contributed by atoms with Gasteiger partial charge in [0.15, 0.2) is 10.5 Å². The Labute approximate surface area is 116 Å². The Morgan fingerprint density at radius 2 is 1.74 bits per heavy atom. The van der Waals surface area contributed by atoms with E-state index in [0.29, 0.717) is 18.4 Å². The summed E-state index contributed by atoms with van der Waals surface area (Å²) >= 11 is 4.84. The van der Waals surface area contributed by atoms with Gasteiger partial charge in [-0.15, -0.1) is 6.58 Å². The largest absolute Gasteiger partial charge is 0.302 e. The fraction of sp³-hybridized carbons (Fsp3) is 0.214. The van der Waals surface area contributed by atoms with Crippen LogP contribution in [0.25, 0.3) is 0 Å². The Balaban J connectivity index is 2.51. The third-order valence-electron chi connectivity index (χ3n) is 3.22. The summed E-state index contributed by atoms with van der Waals surface area (Å²) in [6.07, 6.45) is 2.61. The van der Waals surface area contributed by atoms with Gasteiger partial charge in [0.1, 0.15) is 0 Å². The van der Waals surface area contributed by atoms with Gasteiger partial charge in [-0.25, -0.2) is 0 Å². The standard InChI is InChI=1S/C14H14N2O2S/c1-2-3-9-14(10-7-5-4-6-8-10)11(17)15-13(19)16-12(14)18/h2,4-8H,1,3,9H2,(H2,15,16,17,18,19). The maximum absolute atomic E-state index is 12.3. The highest BCUT2D eigenvalue weighted by Gasteiger charge is 2.50. The molecule has 0 spiro atoms. The molecule has 1 heterocycles. The molecule has 4 nitrogen and oxygen atoms in total. The van der Waals surface area contributed by atoms with Crippen molar-refractivity contribution in [3.05, 3.63) is 48.6 Å². The van der Waals surface area contributed by atoms with Crippen LogP contribution >= 0.6 is 12.2 Å². The predicted molar refractivity (Wildman–Crippen MR) is 76.4 cm³/mol. The lowest BCUT2D eigenvalue weighted by molar-refractivity contribution is -0.138. The first-order valence-corrected chi connectivity index (χ1v) is 6.35. The van der Waals surface area contributed by atoms with Gasteiger partial charge in [0.2, 0.25) is 11.8 Å². The van der Waals surface area contributed by atoms with Crippen LogP contribution in [0.4, 0.5) is 0 Å². The number of thiocarbonyl (C=S) groups is 1. The molecule has 5 heteroatoms. The van der Waals surface area contributed by atoms with Crippen LogP contribution in [0.15, 0.2) is 43.0 Å². The molecule has 0 aliphatic carbocycles. The Bertz CT molecular complexity index is 520. The van der Waals surface area contributed by atoms with E-state index in [-0.39, 0.29) is 16.9 Å². The fourth-order valence-electron chi connectivity index (χ4n) is 2.23. The van der Waals surface area contributed by atoms with Gasteiger partial charge in [-0.1, -0.05) is 36.4 Å². The minimum absolute atomic E-state index is 0.0557. The molecule has 0 unspecified atom stereocenters. The van der Waals surface area contributed by atoms with Crippen molar-refractivity contribution in [3.8, 4) is 0 Å². The number of carbonyl (C=O) groups excluding carboxylic acids is 2. The summed E-state index contributed by atoms with van der Waals surface area (Å²) in [6.45, 7) is 3.65. The summed E-state index contributed by atoms with van der Waals surface area (Å²) in [5.74, 6) is -0.761. The second kappa shape index (κ2) is 5.32. The Hall–Kier alpha value is -2.01. The third kappa shape index (κ3) is 2.29. The van der Waals surface area contributed by atoms with E-state index in [1.807, 2.05) is 6.07 Å². The van der Waals surface area contributed by atoms with E-state index in [2.05, 4.69) is 17.2 Å². The SMILES string of the molecule is C=CCCC1(c2ccccc2)C(=O)NC(=S)NC1=O. The van der Waals surface area contributed by atoms with Gasteiger partial charge in [0.05, 0.1) is 0 Å². The van der Waals surface area contributed by atoms with Crippen LogP contribution in [0, 0.1) is 0 Å². The number of allylic oxidation sites excluding steroid dienone is 1. The molecule has 0 radical (unpaired) electrons. The van der Waals surface area contributed by atoms with Gasteiger partial charge in [-0.3, -0.25) is 9.59 Å². The monoisotopic (exact) mass is 274 g/mol. The number of benzene rings is 1. The average Bonchev–Trinajstić information content (AvgIpc) is 2.39. The molecule has 1 aromatic rings. The number of rotatable bonds is 4. The number of hydrogen-bond donors (Lipinski definition) is 2. The molecule has 1 fully saturated rings. The van der Waals surface area contributed by atoms with E-state index in [4.69, 9.17) is 12.2 Å². The van der Waals surface area contributed by atoms with Crippen LogP contribution in [-0.2, 0) is 15.0 Å². The maximum atomic E-state index is 12.3. The van der Waals surface area contributed by atoms with Crippen molar-refractivity contribution in [1.29, 1.82) is 0 Å². The number of carbonyl (C=O) groups is 2. The van der Waals surface area contributed by atoms with Crippen molar-refractivity contribution >= 4 is 29.1 Å². The molecule has 2 N–H and O–H groups in total. The zero-order valence-corrected chi connectivity index (χ0v) is 11.1. The lowest BCUT2D eigenvalue weighted by Crippen LogP contribution is -2.64. The van der Waals surface area contributed by atoms with Crippen LogP contribution in [-0.4, -0.2) is 16.9 Å². The quantitative estimate of drug-likeness (QED) is 0.496. The van der Waals surface area contributed by atoms with Crippen LogP contribution in [0.1, 0.15) is 18.4 Å². The summed E-state index contributed by atoms with van der Waals surface area (Å²) in [5, 5.41) is 5.12. The highest BCUT2D eigenvalue weighted by molar-refractivity contribution is 7.80. The summed E-state index contributed by atoms with van der Waals surface area (Å²) in [5.41, 5.74) is -0.577. The molecule has 1 aromatic carbocycles. The minimum Gasteiger partial charge on any atom is -0.302 e. The van der Waals surface area contributed by atoms with Crippen LogP contribution < -0.4 is 10.6 Å². The highest BCUT2D eigenvalue weighted by atomic mass is 32.1. The van der Waals surface area contributed by atoms with Crippen molar-refractivity contribution in [3.63, 3.8) is 0 Å². The van der Waals surface area contributed by atoms with E-state index in [9.17, 15) is 9.59 Å². The maximum Gasteiger partial charge on any atom is 0.246 e. The van der Waals surface area contributed by atoms with Gasteiger partial charge in [0.25, 0.3) is 0 Å². The molecule has 2 amide bonds. The summed E-state index contributed by atoms with van der Waals surface area (Å²) in [4.78, 5) is 24.7. The molecule has 0 atom stereocenters. The molecule has 0 aromatic heterocycles. The Morgan fingerprint density at radius 1 is 1.16 bits per heavy atom. The second-order valence-corrected chi connectivity index (χ2v) is 4.74. The van der Waals surface area contributed by atoms with Crippen molar-refractivity contribution in [2.45, 2.75) is 18.3 Å². The molecular formula is C14H14N2O2S. The molecule has 1 aliphatic heterocycles. The topological polar surface area (TPSA) is 58.2 Å². The summed E-state index contributed by atoms with van der Waals surface area (Å²) in [7, 11) is 0. The zero-order chi connectivity index (χ0) is 13.9. The van der Waals surface area contributed by atoms with Gasteiger partial charge in [-0.05, 0) is 30.6 Å². The molecule has 2 rings (SSSR count). The lowest BCUT2D eigenvalue weighted by Gasteiger charge is -2.35. The first-order chi connectivity index (χ1) is 9.11. The Morgan fingerprint density at radius 3 is 2.26 bits per heavy atom. The summed E-state index contributed by atoms with van der Waals surface area (Å²) in [6, 6.07) is 9.00. The van der Waals surface area contributed by atoms with Gasteiger partial charge in [0, 0.05) is 0 Å². The molecule has 98 valence electrons. The second-order valence-electron chi connectivity index (χ2n) is 4.34. The number of nitrogens with one attached hydrogen (secondary N) is 2. The fourth-order valence-corrected chi connectivity index (χ4v) is 2.41. The molecule has 1 saturated heterocycles. The van der Waals surface area contributed by atoms with Crippen LogP contribution in [0.2, 0.25) is 0 Å². The molecule has 19 heavy (non-hydrogen) atoms. The first kappa shape index (κ1) is 13.4. The van der Waals surface area contributed by atoms with E-state index in [1.165, 1.54) is 0 Å². The lowest BCUT2D eigenvalue weighted by atomic mass is 9.74. The van der Waals surface area contributed by atoms with Crippen LogP contribution in [0.3, 0.4) is 0 Å². The van der Waals surface area contributed by atoms with Gasteiger partial charge < -0.3 is 10.6 Å². The molecule has 1 aliphatic rings. The smallest absolute Gasteiger partial charge is 0.246 e. The van der Waals surface area contributed by atoms with Gasteiger partial charge >= 0.3 is 0 Å². The molecule has 0 bridgehead atoms. The van der Waals surface area contributed by atoms with E-state index in [1.54, 1.807) is 30.3 Å². The molecule has 0 saturated carbocycles. The third-order valence-corrected chi connectivity index (χ3v) is 3.42. The predicted octanol–water partition coefficient (Wildman–Crippen LogP) is 1.42. The van der Waals surface area contributed by atoms with Gasteiger partial charge in [-0.2, -0.15) is 0 Å². The zero-order valence-electron chi connectivity index (χ0n) is 10.3. The van der Waals surface area contributed by atoms with Crippen molar-refractivity contribution in [1.82, 2.24) is 10.6 Å². The average molecular weight is 274 g/mol. The Kier molecular flexibility index (Phi) is 3.76.